The molecule has 0 aliphatic rings. The summed E-state index contributed by atoms with van der Waals surface area (Å²) in [5.41, 5.74) is 7.32. The van der Waals surface area contributed by atoms with E-state index in [0.717, 1.165) is 0 Å². The number of carbonyl (C=O) groups is 2. The number of ketones is 1. The van der Waals surface area contributed by atoms with Gasteiger partial charge in [-0.05, 0) is 31.0 Å². The summed E-state index contributed by atoms with van der Waals surface area (Å²) in [5, 5.41) is 5.78. The van der Waals surface area contributed by atoms with E-state index in [1.807, 2.05) is 13.8 Å². The Kier molecular flexibility index (Phi) is 5.36. The third kappa shape index (κ3) is 4.99. The number of hydrogen-bond acceptors (Lipinski definition) is 4. The van der Waals surface area contributed by atoms with Gasteiger partial charge in [-0.15, -0.1) is 0 Å². The van der Waals surface area contributed by atoms with Crippen molar-refractivity contribution in [3.05, 3.63) is 23.8 Å². The summed E-state index contributed by atoms with van der Waals surface area (Å²) in [5.74, 6) is 0.255. The van der Waals surface area contributed by atoms with E-state index < -0.39 is 0 Å². The molecule has 0 unspecified atom stereocenters. The van der Waals surface area contributed by atoms with Crippen molar-refractivity contribution in [2.75, 3.05) is 24.1 Å². The summed E-state index contributed by atoms with van der Waals surface area (Å²) in [4.78, 5) is 22.9. The van der Waals surface area contributed by atoms with E-state index >= 15 is 0 Å². The molecule has 0 radical (unpaired) electrons. The molecule has 0 aliphatic carbocycles. The highest BCUT2D eigenvalue weighted by molar-refractivity contribution is 6.00. The lowest BCUT2D eigenvalue weighted by atomic mass is 10.1. The van der Waals surface area contributed by atoms with Gasteiger partial charge in [0.05, 0.1) is 6.54 Å². The topological polar surface area (TPSA) is 84.2 Å². The fourth-order valence-corrected chi connectivity index (χ4v) is 1.53. The average molecular weight is 263 g/mol. The number of amides is 1. The summed E-state index contributed by atoms with van der Waals surface area (Å²) in [6, 6.07) is 5.07. The second kappa shape index (κ2) is 6.78. The predicted molar refractivity (Wildman–Crippen MR) is 77.2 cm³/mol. The monoisotopic (exact) mass is 263 g/mol. The first-order valence-electron chi connectivity index (χ1n) is 6.31. The van der Waals surface area contributed by atoms with Crippen LogP contribution in [0.4, 0.5) is 11.4 Å². The highest BCUT2D eigenvalue weighted by atomic mass is 16.2. The maximum Gasteiger partial charge on any atom is 0.239 e. The Labute approximate surface area is 113 Å². The van der Waals surface area contributed by atoms with Gasteiger partial charge in [-0.3, -0.25) is 9.59 Å². The van der Waals surface area contributed by atoms with E-state index in [1.165, 1.54) is 6.92 Å². The molecule has 0 saturated heterocycles. The normalized spacial score (nSPS) is 10.3. The summed E-state index contributed by atoms with van der Waals surface area (Å²) in [7, 11) is 0. The molecule has 0 bridgehead atoms. The van der Waals surface area contributed by atoms with Crippen LogP contribution in [0.3, 0.4) is 0 Å². The summed E-state index contributed by atoms with van der Waals surface area (Å²) >= 11 is 0. The van der Waals surface area contributed by atoms with Gasteiger partial charge in [-0.2, -0.15) is 0 Å². The lowest BCUT2D eigenvalue weighted by Gasteiger charge is -2.10. The predicted octanol–water partition coefficient (Wildman–Crippen LogP) is 1.66. The second-order valence-corrected chi connectivity index (χ2v) is 4.91. The second-order valence-electron chi connectivity index (χ2n) is 4.91. The number of hydrogen-bond donors (Lipinski definition) is 3. The van der Waals surface area contributed by atoms with E-state index in [2.05, 4.69) is 10.6 Å². The number of nitrogens with two attached hydrogens (primary N) is 1. The molecule has 0 heterocycles. The largest absolute Gasteiger partial charge is 0.398 e. The molecule has 5 nitrogen and oxygen atoms in total. The molecule has 104 valence electrons. The first-order chi connectivity index (χ1) is 8.90. The van der Waals surface area contributed by atoms with Crippen LogP contribution in [0.15, 0.2) is 18.2 Å². The zero-order valence-electron chi connectivity index (χ0n) is 11.6. The minimum Gasteiger partial charge on any atom is -0.398 e. The van der Waals surface area contributed by atoms with Gasteiger partial charge < -0.3 is 16.4 Å². The standard InChI is InChI=1S/C14H21N3O2/c1-9(2)7-17-14(19)8-16-11-4-5-13(15)12(6-11)10(3)18/h4-6,9,16H,7-8,15H2,1-3H3,(H,17,19). The Morgan fingerprint density at radius 1 is 1.32 bits per heavy atom. The van der Waals surface area contributed by atoms with Gasteiger partial charge in [0, 0.05) is 23.5 Å². The minimum atomic E-state index is -0.0922. The molecule has 0 atom stereocenters. The Bertz CT molecular complexity index is 470. The Morgan fingerprint density at radius 2 is 2.00 bits per heavy atom. The molecule has 1 rings (SSSR count). The van der Waals surface area contributed by atoms with Crippen molar-refractivity contribution < 1.29 is 9.59 Å². The lowest BCUT2D eigenvalue weighted by molar-refractivity contribution is -0.119. The highest BCUT2D eigenvalue weighted by Crippen LogP contribution is 2.18. The third-order valence-corrected chi connectivity index (χ3v) is 2.59. The molecule has 0 saturated carbocycles. The summed E-state index contributed by atoms with van der Waals surface area (Å²) in [6.07, 6.45) is 0. The van der Waals surface area contributed by atoms with Gasteiger partial charge in [0.25, 0.3) is 0 Å². The Morgan fingerprint density at radius 3 is 2.58 bits per heavy atom. The number of anilines is 2. The highest BCUT2D eigenvalue weighted by Gasteiger charge is 2.07. The smallest absolute Gasteiger partial charge is 0.239 e. The van der Waals surface area contributed by atoms with E-state index in [4.69, 9.17) is 5.73 Å². The van der Waals surface area contributed by atoms with Crippen molar-refractivity contribution in [2.45, 2.75) is 20.8 Å². The summed E-state index contributed by atoms with van der Waals surface area (Å²) < 4.78 is 0. The van der Waals surface area contributed by atoms with Crippen LogP contribution < -0.4 is 16.4 Å². The van der Waals surface area contributed by atoms with E-state index in [9.17, 15) is 9.59 Å². The summed E-state index contributed by atoms with van der Waals surface area (Å²) in [6.45, 7) is 6.36. The molecule has 0 aromatic heterocycles. The number of carbonyl (C=O) groups excluding carboxylic acids is 2. The lowest BCUT2D eigenvalue weighted by Crippen LogP contribution is -2.32. The van der Waals surface area contributed by atoms with E-state index in [0.29, 0.717) is 29.4 Å². The molecule has 0 spiro atoms. The van der Waals surface area contributed by atoms with Gasteiger partial charge in [-0.25, -0.2) is 0 Å². The maximum atomic E-state index is 11.5. The zero-order valence-corrected chi connectivity index (χ0v) is 11.6. The molecular weight excluding hydrogens is 242 g/mol. The van der Waals surface area contributed by atoms with Crippen molar-refractivity contribution in [3.8, 4) is 0 Å². The van der Waals surface area contributed by atoms with Crippen molar-refractivity contribution in [1.82, 2.24) is 5.32 Å². The van der Waals surface area contributed by atoms with Crippen LogP contribution in [0.1, 0.15) is 31.1 Å². The fraction of sp³-hybridized carbons (Fsp3) is 0.429. The SMILES string of the molecule is CC(=O)c1cc(NCC(=O)NCC(C)C)ccc1N. The third-order valence-electron chi connectivity index (χ3n) is 2.59. The molecule has 1 amide bonds. The van der Waals surface area contributed by atoms with Crippen molar-refractivity contribution in [3.63, 3.8) is 0 Å². The maximum absolute atomic E-state index is 11.5. The number of rotatable bonds is 6. The molecular formula is C14H21N3O2. The van der Waals surface area contributed by atoms with Gasteiger partial charge in [0.15, 0.2) is 5.78 Å². The molecule has 0 fully saturated rings. The van der Waals surface area contributed by atoms with Gasteiger partial charge in [-0.1, -0.05) is 13.8 Å². The number of nitrogen functional groups attached to an aromatic ring is 1. The van der Waals surface area contributed by atoms with Crippen molar-refractivity contribution in [1.29, 1.82) is 0 Å². The van der Waals surface area contributed by atoms with Crippen LogP contribution in [0.2, 0.25) is 0 Å². The first kappa shape index (κ1) is 15.0. The molecule has 5 heteroatoms. The van der Waals surface area contributed by atoms with Gasteiger partial charge in [0.2, 0.25) is 5.91 Å². The van der Waals surface area contributed by atoms with Crippen molar-refractivity contribution >= 4 is 23.1 Å². The van der Waals surface area contributed by atoms with Crippen LogP contribution in [-0.4, -0.2) is 24.8 Å². The van der Waals surface area contributed by atoms with E-state index in [1.54, 1.807) is 18.2 Å². The van der Waals surface area contributed by atoms with Crippen LogP contribution >= 0.6 is 0 Å². The first-order valence-corrected chi connectivity index (χ1v) is 6.31. The fourth-order valence-electron chi connectivity index (χ4n) is 1.53. The molecule has 4 N–H and O–H groups in total. The molecule has 1 aromatic carbocycles. The van der Waals surface area contributed by atoms with Crippen LogP contribution in [0.5, 0.6) is 0 Å². The number of benzene rings is 1. The molecule has 19 heavy (non-hydrogen) atoms. The average Bonchev–Trinajstić information content (AvgIpc) is 2.35. The Balaban J connectivity index is 2.56. The van der Waals surface area contributed by atoms with Crippen LogP contribution in [-0.2, 0) is 4.79 Å². The van der Waals surface area contributed by atoms with Crippen LogP contribution in [0, 0.1) is 5.92 Å². The zero-order chi connectivity index (χ0) is 14.4. The quantitative estimate of drug-likeness (QED) is 0.538. The van der Waals surface area contributed by atoms with Gasteiger partial charge in [0.1, 0.15) is 0 Å². The van der Waals surface area contributed by atoms with Crippen LogP contribution in [0.25, 0.3) is 0 Å². The molecule has 1 aromatic rings. The Hall–Kier alpha value is -2.04. The van der Waals surface area contributed by atoms with E-state index in [-0.39, 0.29) is 18.2 Å². The van der Waals surface area contributed by atoms with Gasteiger partial charge >= 0.3 is 0 Å². The number of nitrogens with one attached hydrogen (secondary N) is 2. The van der Waals surface area contributed by atoms with Crippen molar-refractivity contribution in [2.24, 2.45) is 5.92 Å². The molecule has 0 aliphatic heterocycles. The number of Topliss-reactive ketones (excluding diaryl/α,β-unsaturated/α-hetero) is 1. The minimum absolute atomic E-state index is 0.0742.